The third-order valence-electron chi connectivity index (χ3n) is 5.11. The summed E-state index contributed by atoms with van der Waals surface area (Å²) in [6.45, 7) is 0.300. The average molecular weight is 526 g/mol. The van der Waals surface area contributed by atoms with Crippen LogP contribution in [0.2, 0.25) is 15.1 Å². The minimum atomic E-state index is -0.439. The molecule has 4 aromatic carbocycles. The van der Waals surface area contributed by atoms with Crippen molar-refractivity contribution < 1.29 is 14.6 Å². The van der Waals surface area contributed by atoms with Gasteiger partial charge in [-0.15, -0.1) is 0 Å². The lowest BCUT2D eigenvalue weighted by Gasteiger charge is -2.08. The van der Waals surface area contributed by atoms with Gasteiger partial charge in [0.2, 0.25) is 0 Å². The number of aromatic hydroxyl groups is 1. The number of fused-ring (bicyclic) bond motifs is 1. The molecule has 0 spiro atoms. The topological polar surface area (TPSA) is 70.9 Å². The van der Waals surface area contributed by atoms with Crippen molar-refractivity contribution in [1.82, 2.24) is 5.43 Å². The number of nitrogens with zero attached hydrogens (tertiary/aromatic N) is 1. The van der Waals surface area contributed by atoms with Crippen molar-refractivity contribution in [1.29, 1.82) is 0 Å². The zero-order valence-corrected chi connectivity index (χ0v) is 20.5. The van der Waals surface area contributed by atoms with E-state index in [4.69, 9.17) is 39.5 Å². The fraction of sp³-hybridized carbons (Fsp3) is 0.0370. The summed E-state index contributed by atoms with van der Waals surface area (Å²) in [5, 5.41) is 16.6. The molecule has 0 aliphatic heterocycles. The molecule has 0 bridgehead atoms. The van der Waals surface area contributed by atoms with Crippen LogP contribution in [0, 0.1) is 0 Å². The predicted octanol–water partition coefficient (Wildman–Crippen LogP) is 7.36. The fourth-order valence-electron chi connectivity index (χ4n) is 3.40. The Kier molecular flexibility index (Phi) is 7.93. The molecule has 0 saturated heterocycles. The highest BCUT2D eigenvalue weighted by molar-refractivity contribution is 6.37. The molecule has 176 valence electrons. The van der Waals surface area contributed by atoms with E-state index in [1.54, 1.807) is 24.4 Å². The van der Waals surface area contributed by atoms with Crippen molar-refractivity contribution in [2.45, 2.75) is 0 Å². The fourth-order valence-corrected chi connectivity index (χ4v) is 4.09. The number of hydrogen-bond acceptors (Lipinski definition) is 4. The molecule has 0 aliphatic carbocycles. The van der Waals surface area contributed by atoms with E-state index in [1.807, 2.05) is 48.6 Å². The van der Waals surface area contributed by atoms with Gasteiger partial charge in [-0.1, -0.05) is 83.3 Å². The average Bonchev–Trinajstić information content (AvgIpc) is 2.85. The Hall–Kier alpha value is -3.51. The quantitative estimate of drug-likeness (QED) is 0.196. The van der Waals surface area contributed by atoms with Gasteiger partial charge in [-0.25, -0.2) is 5.43 Å². The molecule has 5 nitrogen and oxygen atoms in total. The number of halogens is 3. The number of rotatable bonds is 7. The highest BCUT2D eigenvalue weighted by Gasteiger charge is 2.08. The van der Waals surface area contributed by atoms with Crippen LogP contribution in [0.15, 0.2) is 84.0 Å². The molecule has 0 aromatic heterocycles. The van der Waals surface area contributed by atoms with Crippen molar-refractivity contribution >= 4 is 63.8 Å². The third-order valence-corrected chi connectivity index (χ3v) is 6.01. The van der Waals surface area contributed by atoms with Crippen LogP contribution in [0.4, 0.5) is 0 Å². The Morgan fingerprint density at radius 3 is 2.29 bits per heavy atom. The molecule has 1 amide bonds. The lowest BCUT2D eigenvalue weighted by Crippen LogP contribution is -2.17. The number of benzene rings is 4. The second-order valence-electron chi connectivity index (χ2n) is 7.42. The lowest BCUT2D eigenvalue weighted by molar-refractivity contribution is 0.0955. The molecule has 0 heterocycles. The van der Waals surface area contributed by atoms with E-state index in [-0.39, 0.29) is 16.3 Å². The summed E-state index contributed by atoms with van der Waals surface area (Å²) in [6.07, 6.45) is 5.43. The number of phenols is 1. The number of hydrazone groups is 1. The van der Waals surface area contributed by atoms with E-state index in [1.165, 1.54) is 18.2 Å². The monoisotopic (exact) mass is 524 g/mol. The van der Waals surface area contributed by atoms with Crippen LogP contribution in [0.5, 0.6) is 11.5 Å². The summed E-state index contributed by atoms with van der Waals surface area (Å²) in [7, 11) is 0. The minimum Gasteiger partial charge on any atom is -0.506 e. The summed E-state index contributed by atoms with van der Waals surface area (Å²) >= 11 is 18.1. The Balaban J connectivity index is 1.48. The van der Waals surface area contributed by atoms with Gasteiger partial charge in [0.25, 0.3) is 5.91 Å². The van der Waals surface area contributed by atoms with E-state index in [0.717, 1.165) is 21.9 Å². The first kappa shape index (κ1) is 24.6. The number of carbonyl (C=O) groups excluding carboxylic acids is 1. The molecule has 35 heavy (non-hydrogen) atoms. The zero-order valence-electron chi connectivity index (χ0n) is 18.2. The van der Waals surface area contributed by atoms with Crippen LogP contribution in [0.25, 0.3) is 16.8 Å². The summed E-state index contributed by atoms with van der Waals surface area (Å²) < 4.78 is 5.72. The van der Waals surface area contributed by atoms with Gasteiger partial charge in [-0.05, 0) is 52.7 Å². The van der Waals surface area contributed by atoms with Gasteiger partial charge in [0.1, 0.15) is 12.4 Å². The Morgan fingerprint density at radius 2 is 1.57 bits per heavy atom. The van der Waals surface area contributed by atoms with Crippen molar-refractivity contribution in [3.63, 3.8) is 0 Å². The molecular weight excluding hydrogens is 507 g/mol. The molecular formula is C27H19Cl3N2O3. The van der Waals surface area contributed by atoms with E-state index in [0.29, 0.717) is 22.4 Å². The maximum absolute atomic E-state index is 12.3. The molecule has 0 atom stereocenters. The number of nitrogens with one attached hydrogen (secondary N) is 1. The van der Waals surface area contributed by atoms with Crippen molar-refractivity contribution in [2.75, 3.05) is 6.61 Å². The van der Waals surface area contributed by atoms with Crippen LogP contribution < -0.4 is 10.2 Å². The lowest BCUT2D eigenvalue weighted by atomic mass is 10.00. The third kappa shape index (κ3) is 5.95. The van der Waals surface area contributed by atoms with Crippen molar-refractivity contribution in [3.8, 4) is 11.5 Å². The van der Waals surface area contributed by atoms with Crippen LogP contribution >= 0.6 is 34.8 Å². The highest BCUT2D eigenvalue weighted by atomic mass is 35.5. The van der Waals surface area contributed by atoms with Crippen LogP contribution in [0.3, 0.4) is 0 Å². The number of phenolic OH excluding ortho intramolecular Hbond substituents is 1. The van der Waals surface area contributed by atoms with Crippen molar-refractivity contribution in [2.24, 2.45) is 5.10 Å². The van der Waals surface area contributed by atoms with Gasteiger partial charge < -0.3 is 9.84 Å². The maximum Gasteiger partial charge on any atom is 0.271 e. The van der Waals surface area contributed by atoms with E-state index in [2.05, 4.69) is 10.5 Å². The number of ether oxygens (including phenoxy) is 1. The van der Waals surface area contributed by atoms with Gasteiger partial charge in [-0.2, -0.15) is 5.10 Å². The number of amides is 1. The van der Waals surface area contributed by atoms with Gasteiger partial charge in [0.05, 0.1) is 21.3 Å². The van der Waals surface area contributed by atoms with Gasteiger partial charge in [0, 0.05) is 11.1 Å². The number of hydrogen-bond donors (Lipinski definition) is 2. The van der Waals surface area contributed by atoms with Crippen LogP contribution in [-0.2, 0) is 0 Å². The molecule has 2 N–H and O–H groups in total. The standard InChI is InChI=1S/C27H19Cl3N2O3/c28-22-8-3-9-23(29)26(22)35-14-4-5-17-10-11-19(21-7-2-1-6-20(17)21)16-31-32-27(34)18-12-13-25(33)24(30)15-18/h1-13,15-16,33H,14H2,(H,32,34)/b5-4+,31-16+. The molecule has 0 radical (unpaired) electrons. The largest absolute Gasteiger partial charge is 0.506 e. The van der Waals surface area contributed by atoms with E-state index < -0.39 is 5.91 Å². The van der Waals surface area contributed by atoms with Gasteiger partial charge in [0.15, 0.2) is 5.75 Å². The first-order valence-electron chi connectivity index (χ1n) is 10.5. The molecule has 4 aromatic rings. The first-order chi connectivity index (χ1) is 16.9. The summed E-state index contributed by atoms with van der Waals surface area (Å²) in [5.41, 5.74) is 4.59. The second-order valence-corrected chi connectivity index (χ2v) is 8.64. The zero-order chi connectivity index (χ0) is 24.8. The molecule has 0 saturated carbocycles. The highest BCUT2D eigenvalue weighted by Crippen LogP contribution is 2.32. The minimum absolute atomic E-state index is 0.0912. The first-order valence-corrected chi connectivity index (χ1v) is 11.6. The SMILES string of the molecule is O=C(N/N=C/c1ccc(/C=C/COc2c(Cl)cccc2Cl)c2ccccc12)c1ccc(O)c(Cl)c1. The smallest absolute Gasteiger partial charge is 0.271 e. The van der Waals surface area contributed by atoms with Crippen LogP contribution in [0.1, 0.15) is 21.5 Å². The van der Waals surface area contributed by atoms with E-state index in [9.17, 15) is 9.90 Å². The van der Waals surface area contributed by atoms with Crippen LogP contribution in [-0.4, -0.2) is 23.8 Å². The summed E-state index contributed by atoms with van der Waals surface area (Å²) in [4.78, 5) is 12.3. The number of para-hydroxylation sites is 1. The molecule has 4 rings (SSSR count). The Labute approximate surface area is 217 Å². The second kappa shape index (κ2) is 11.3. The van der Waals surface area contributed by atoms with Crippen molar-refractivity contribution in [3.05, 3.63) is 111 Å². The Bertz CT molecular complexity index is 1430. The molecule has 8 heteroatoms. The molecule has 0 aliphatic rings. The predicted molar refractivity (Wildman–Crippen MR) is 143 cm³/mol. The van der Waals surface area contributed by atoms with Gasteiger partial charge >= 0.3 is 0 Å². The van der Waals surface area contributed by atoms with Gasteiger partial charge in [-0.3, -0.25) is 4.79 Å². The summed E-state index contributed by atoms with van der Waals surface area (Å²) in [5.74, 6) is -0.0780. The van der Waals surface area contributed by atoms with E-state index >= 15 is 0 Å². The molecule has 0 fully saturated rings. The number of carbonyl (C=O) groups is 1. The maximum atomic E-state index is 12.3. The molecule has 0 unspecified atom stereocenters. The summed E-state index contributed by atoms with van der Waals surface area (Å²) in [6, 6.07) is 21.2. The normalized spacial score (nSPS) is 11.4. The Morgan fingerprint density at radius 1 is 0.886 bits per heavy atom.